The van der Waals surface area contributed by atoms with Crippen molar-refractivity contribution >= 4 is 5.82 Å². The number of aromatic nitrogens is 2. The van der Waals surface area contributed by atoms with Gasteiger partial charge in [0.1, 0.15) is 12.1 Å². The van der Waals surface area contributed by atoms with E-state index in [9.17, 15) is 0 Å². The zero-order valence-electron chi connectivity index (χ0n) is 9.87. The monoisotopic (exact) mass is 220 g/mol. The van der Waals surface area contributed by atoms with Crippen LogP contribution >= 0.6 is 0 Å². The molecule has 0 aliphatic carbocycles. The molecule has 0 spiro atoms. The normalized spacial score (nSPS) is 19.9. The molecule has 0 radical (unpaired) electrons. The maximum Gasteiger partial charge on any atom is 0.129 e. The third-order valence-corrected chi connectivity index (χ3v) is 3.05. The number of rotatable bonds is 5. The molecule has 2 rings (SSSR count). The summed E-state index contributed by atoms with van der Waals surface area (Å²) >= 11 is 0. The Morgan fingerprint density at radius 1 is 1.50 bits per heavy atom. The second kappa shape index (κ2) is 5.80. The van der Waals surface area contributed by atoms with Crippen molar-refractivity contribution in [1.82, 2.24) is 15.3 Å². The minimum absolute atomic E-state index is 0.694. The molecule has 1 aromatic rings. The fraction of sp³-hybridized carbons (Fsp3) is 0.667. The zero-order valence-corrected chi connectivity index (χ0v) is 9.87. The third kappa shape index (κ3) is 3.17. The molecule has 0 bridgehead atoms. The standard InChI is InChI=1S/C12H20N4/c1-2-10-8-12(16-9-15-10)14-7-5-11-4-3-6-13-11/h8-9,11,13H,2-7H2,1H3,(H,14,15,16)/t11-/m1/s1. The molecule has 1 aliphatic heterocycles. The van der Waals surface area contributed by atoms with Crippen LogP contribution in [0.5, 0.6) is 0 Å². The Bertz CT molecular complexity index is 321. The smallest absolute Gasteiger partial charge is 0.129 e. The van der Waals surface area contributed by atoms with Gasteiger partial charge in [-0.25, -0.2) is 9.97 Å². The predicted molar refractivity (Wildman–Crippen MR) is 65.5 cm³/mol. The molecule has 4 heteroatoms. The summed E-state index contributed by atoms with van der Waals surface area (Å²) in [5.41, 5.74) is 1.09. The first kappa shape index (κ1) is 11.3. The summed E-state index contributed by atoms with van der Waals surface area (Å²) in [5, 5.41) is 6.85. The van der Waals surface area contributed by atoms with Crippen LogP contribution in [0.25, 0.3) is 0 Å². The molecule has 1 saturated heterocycles. The topological polar surface area (TPSA) is 49.8 Å². The molecule has 1 aromatic heterocycles. The molecular weight excluding hydrogens is 200 g/mol. The zero-order chi connectivity index (χ0) is 11.2. The van der Waals surface area contributed by atoms with Crippen LogP contribution in [0.3, 0.4) is 0 Å². The highest BCUT2D eigenvalue weighted by atomic mass is 15.0. The molecule has 1 aliphatic rings. The van der Waals surface area contributed by atoms with Crippen LogP contribution in [-0.2, 0) is 6.42 Å². The summed E-state index contributed by atoms with van der Waals surface area (Å²) in [6, 6.07) is 2.72. The van der Waals surface area contributed by atoms with Crippen LogP contribution in [-0.4, -0.2) is 29.1 Å². The Morgan fingerprint density at radius 2 is 2.44 bits per heavy atom. The molecule has 0 saturated carbocycles. The maximum absolute atomic E-state index is 4.21. The molecule has 2 N–H and O–H groups in total. The van der Waals surface area contributed by atoms with Crippen LogP contribution in [0.4, 0.5) is 5.82 Å². The van der Waals surface area contributed by atoms with Gasteiger partial charge < -0.3 is 10.6 Å². The van der Waals surface area contributed by atoms with E-state index in [1.165, 1.54) is 25.8 Å². The van der Waals surface area contributed by atoms with Gasteiger partial charge >= 0.3 is 0 Å². The van der Waals surface area contributed by atoms with E-state index in [4.69, 9.17) is 0 Å². The predicted octanol–water partition coefficient (Wildman–Crippen LogP) is 1.59. The molecule has 0 aromatic carbocycles. The van der Waals surface area contributed by atoms with E-state index in [2.05, 4.69) is 27.5 Å². The van der Waals surface area contributed by atoms with Crippen LogP contribution in [0, 0.1) is 0 Å². The van der Waals surface area contributed by atoms with Gasteiger partial charge in [-0.15, -0.1) is 0 Å². The Morgan fingerprint density at radius 3 is 3.19 bits per heavy atom. The number of hydrogen-bond acceptors (Lipinski definition) is 4. The molecule has 4 nitrogen and oxygen atoms in total. The largest absolute Gasteiger partial charge is 0.370 e. The first-order valence-corrected chi connectivity index (χ1v) is 6.16. The molecule has 1 fully saturated rings. The van der Waals surface area contributed by atoms with E-state index in [-0.39, 0.29) is 0 Å². The molecule has 2 heterocycles. The lowest BCUT2D eigenvalue weighted by Gasteiger charge is -2.11. The van der Waals surface area contributed by atoms with E-state index < -0.39 is 0 Å². The van der Waals surface area contributed by atoms with Gasteiger partial charge in [0.15, 0.2) is 0 Å². The SMILES string of the molecule is CCc1cc(NCC[C@H]2CCCN2)ncn1. The van der Waals surface area contributed by atoms with Crippen molar-refractivity contribution in [1.29, 1.82) is 0 Å². The van der Waals surface area contributed by atoms with Gasteiger partial charge in [-0.2, -0.15) is 0 Å². The summed E-state index contributed by atoms with van der Waals surface area (Å²) in [6.07, 6.45) is 6.39. The molecule has 16 heavy (non-hydrogen) atoms. The van der Waals surface area contributed by atoms with Crippen LogP contribution in [0.1, 0.15) is 31.9 Å². The molecule has 1 atom stereocenters. The van der Waals surface area contributed by atoms with Gasteiger partial charge in [0.25, 0.3) is 0 Å². The minimum atomic E-state index is 0.694. The lowest BCUT2D eigenvalue weighted by Crippen LogP contribution is -2.24. The summed E-state index contributed by atoms with van der Waals surface area (Å²) in [6.45, 7) is 4.27. The van der Waals surface area contributed by atoms with E-state index in [1.807, 2.05) is 6.07 Å². The first-order chi connectivity index (χ1) is 7.88. The van der Waals surface area contributed by atoms with Crippen molar-refractivity contribution < 1.29 is 0 Å². The summed E-state index contributed by atoms with van der Waals surface area (Å²) in [7, 11) is 0. The van der Waals surface area contributed by atoms with Gasteiger partial charge in [0.05, 0.1) is 0 Å². The third-order valence-electron chi connectivity index (χ3n) is 3.05. The summed E-state index contributed by atoms with van der Waals surface area (Å²) < 4.78 is 0. The van der Waals surface area contributed by atoms with Crippen molar-refractivity contribution in [3.63, 3.8) is 0 Å². The van der Waals surface area contributed by atoms with Crippen molar-refractivity contribution in [3.8, 4) is 0 Å². The average molecular weight is 220 g/mol. The van der Waals surface area contributed by atoms with Crippen LogP contribution in [0.2, 0.25) is 0 Å². The Balaban J connectivity index is 1.75. The number of aryl methyl sites for hydroxylation is 1. The summed E-state index contributed by atoms with van der Waals surface area (Å²) in [5.74, 6) is 0.949. The van der Waals surface area contributed by atoms with Gasteiger partial charge in [-0.05, 0) is 32.2 Å². The molecular formula is C12H20N4. The second-order valence-electron chi connectivity index (χ2n) is 4.26. The van der Waals surface area contributed by atoms with E-state index in [0.29, 0.717) is 6.04 Å². The van der Waals surface area contributed by atoms with Crippen molar-refractivity contribution in [2.75, 3.05) is 18.4 Å². The highest BCUT2D eigenvalue weighted by Crippen LogP contribution is 2.09. The number of hydrogen-bond donors (Lipinski definition) is 2. The van der Waals surface area contributed by atoms with Crippen LogP contribution < -0.4 is 10.6 Å². The van der Waals surface area contributed by atoms with Crippen molar-refractivity contribution in [3.05, 3.63) is 18.1 Å². The van der Waals surface area contributed by atoms with E-state index in [0.717, 1.165) is 24.5 Å². The van der Waals surface area contributed by atoms with Gasteiger partial charge in [0, 0.05) is 24.3 Å². The van der Waals surface area contributed by atoms with E-state index in [1.54, 1.807) is 6.33 Å². The summed E-state index contributed by atoms with van der Waals surface area (Å²) in [4.78, 5) is 8.39. The number of nitrogens with one attached hydrogen (secondary N) is 2. The van der Waals surface area contributed by atoms with E-state index >= 15 is 0 Å². The van der Waals surface area contributed by atoms with Crippen molar-refractivity contribution in [2.24, 2.45) is 0 Å². The Hall–Kier alpha value is -1.16. The number of anilines is 1. The first-order valence-electron chi connectivity index (χ1n) is 6.16. The minimum Gasteiger partial charge on any atom is -0.370 e. The Labute approximate surface area is 96.9 Å². The highest BCUT2D eigenvalue weighted by Gasteiger charge is 2.12. The molecule has 0 unspecified atom stereocenters. The van der Waals surface area contributed by atoms with Gasteiger partial charge in [0.2, 0.25) is 0 Å². The quantitative estimate of drug-likeness (QED) is 0.791. The molecule has 0 amide bonds. The maximum atomic E-state index is 4.21. The number of nitrogens with zero attached hydrogens (tertiary/aromatic N) is 2. The highest BCUT2D eigenvalue weighted by molar-refractivity contribution is 5.34. The van der Waals surface area contributed by atoms with Gasteiger partial charge in [-0.3, -0.25) is 0 Å². The fourth-order valence-corrected chi connectivity index (χ4v) is 2.07. The molecule has 88 valence electrons. The van der Waals surface area contributed by atoms with Crippen LogP contribution in [0.15, 0.2) is 12.4 Å². The van der Waals surface area contributed by atoms with Crippen molar-refractivity contribution in [2.45, 2.75) is 38.6 Å². The Kier molecular flexibility index (Phi) is 4.10. The second-order valence-corrected chi connectivity index (χ2v) is 4.26. The van der Waals surface area contributed by atoms with Gasteiger partial charge in [-0.1, -0.05) is 6.92 Å². The lowest BCUT2D eigenvalue weighted by molar-refractivity contribution is 0.574. The average Bonchev–Trinajstić information content (AvgIpc) is 2.82. The lowest BCUT2D eigenvalue weighted by atomic mass is 10.1. The fourth-order valence-electron chi connectivity index (χ4n) is 2.07.